The highest BCUT2D eigenvalue weighted by Crippen LogP contribution is 2.21. The Hall–Kier alpha value is -3.54. The number of carbonyl (C=O) groups excluding carboxylic acids is 1. The van der Waals surface area contributed by atoms with E-state index in [2.05, 4.69) is 10.6 Å². The molecule has 0 aliphatic carbocycles. The number of carbonyl (C=O) groups is 1. The molecule has 1 saturated heterocycles. The summed E-state index contributed by atoms with van der Waals surface area (Å²) in [5.41, 5.74) is 2.47. The van der Waals surface area contributed by atoms with Gasteiger partial charge < -0.3 is 20.3 Å². The molecule has 0 saturated carbocycles. The zero-order chi connectivity index (χ0) is 20.8. The van der Waals surface area contributed by atoms with Crippen molar-refractivity contribution in [1.82, 2.24) is 4.90 Å². The lowest BCUT2D eigenvalue weighted by molar-refractivity contribution is 0.222. The van der Waals surface area contributed by atoms with Gasteiger partial charge in [0.15, 0.2) is 0 Å². The van der Waals surface area contributed by atoms with Crippen LogP contribution in [0.4, 0.5) is 20.6 Å². The fourth-order valence-corrected chi connectivity index (χ4v) is 3.49. The largest absolute Gasteiger partial charge is 0.489 e. The number of rotatable bonds is 6. The van der Waals surface area contributed by atoms with Crippen LogP contribution in [0.3, 0.4) is 0 Å². The quantitative estimate of drug-likeness (QED) is 0.598. The highest BCUT2D eigenvalue weighted by atomic mass is 19.1. The third-order valence-electron chi connectivity index (χ3n) is 5.00. The molecule has 1 unspecified atom stereocenters. The van der Waals surface area contributed by atoms with E-state index in [1.54, 1.807) is 17.0 Å². The van der Waals surface area contributed by atoms with Gasteiger partial charge in [-0.3, -0.25) is 0 Å². The Bertz CT molecular complexity index is 997. The number of halogens is 1. The Morgan fingerprint density at radius 3 is 2.63 bits per heavy atom. The first-order valence-corrected chi connectivity index (χ1v) is 10.0. The lowest BCUT2D eigenvalue weighted by atomic mass is 10.2. The average Bonchev–Trinajstić information content (AvgIpc) is 3.22. The Morgan fingerprint density at radius 2 is 1.80 bits per heavy atom. The SMILES string of the molecule is O=C(Nc1cccc(OCc2cccc(F)c2)c1)N1CCC(Nc2ccccc2)C1. The summed E-state index contributed by atoms with van der Waals surface area (Å²) < 4.78 is 19.0. The molecule has 0 bridgehead atoms. The molecule has 1 heterocycles. The van der Waals surface area contributed by atoms with Crippen molar-refractivity contribution in [2.24, 2.45) is 0 Å². The Balaban J connectivity index is 1.30. The molecule has 2 amide bonds. The van der Waals surface area contributed by atoms with Crippen LogP contribution in [0.1, 0.15) is 12.0 Å². The van der Waals surface area contributed by atoms with E-state index in [1.807, 2.05) is 54.6 Å². The van der Waals surface area contributed by atoms with Crippen molar-refractivity contribution < 1.29 is 13.9 Å². The average molecular weight is 405 g/mol. The van der Waals surface area contributed by atoms with E-state index in [9.17, 15) is 9.18 Å². The van der Waals surface area contributed by atoms with Crippen molar-refractivity contribution in [2.75, 3.05) is 23.7 Å². The third-order valence-corrected chi connectivity index (χ3v) is 5.00. The van der Waals surface area contributed by atoms with Gasteiger partial charge >= 0.3 is 6.03 Å². The molecule has 2 N–H and O–H groups in total. The monoisotopic (exact) mass is 405 g/mol. The number of amides is 2. The zero-order valence-electron chi connectivity index (χ0n) is 16.6. The number of nitrogens with one attached hydrogen (secondary N) is 2. The van der Waals surface area contributed by atoms with Crippen molar-refractivity contribution in [3.63, 3.8) is 0 Å². The number of likely N-dealkylation sites (tertiary alicyclic amines) is 1. The van der Waals surface area contributed by atoms with Gasteiger partial charge in [-0.2, -0.15) is 0 Å². The maximum absolute atomic E-state index is 13.3. The van der Waals surface area contributed by atoms with Crippen LogP contribution in [0, 0.1) is 5.82 Å². The van der Waals surface area contributed by atoms with Crippen LogP contribution in [-0.2, 0) is 6.61 Å². The minimum atomic E-state index is -0.289. The molecule has 1 atom stereocenters. The minimum absolute atomic E-state index is 0.130. The molecule has 1 aliphatic rings. The second kappa shape index (κ2) is 9.31. The molecule has 3 aromatic rings. The molecule has 1 fully saturated rings. The van der Waals surface area contributed by atoms with Crippen molar-refractivity contribution in [3.8, 4) is 5.75 Å². The first-order valence-electron chi connectivity index (χ1n) is 10.0. The van der Waals surface area contributed by atoms with Gasteiger partial charge in [0.1, 0.15) is 18.2 Å². The van der Waals surface area contributed by atoms with Crippen LogP contribution in [0.5, 0.6) is 5.75 Å². The summed E-state index contributed by atoms with van der Waals surface area (Å²) in [5, 5.41) is 6.40. The van der Waals surface area contributed by atoms with E-state index in [0.717, 1.165) is 17.7 Å². The number of hydrogen-bond donors (Lipinski definition) is 2. The predicted octanol–water partition coefficient (Wildman–Crippen LogP) is 5.12. The van der Waals surface area contributed by atoms with Gasteiger partial charge in [-0.1, -0.05) is 36.4 Å². The number of benzene rings is 3. The second-order valence-electron chi connectivity index (χ2n) is 7.32. The van der Waals surface area contributed by atoms with E-state index >= 15 is 0 Å². The molecule has 4 rings (SSSR count). The Labute approximate surface area is 175 Å². The second-order valence-corrected chi connectivity index (χ2v) is 7.32. The predicted molar refractivity (Wildman–Crippen MR) is 116 cm³/mol. The lowest BCUT2D eigenvalue weighted by Crippen LogP contribution is -2.34. The maximum atomic E-state index is 13.3. The topological polar surface area (TPSA) is 53.6 Å². The van der Waals surface area contributed by atoms with Crippen molar-refractivity contribution in [3.05, 3.63) is 90.2 Å². The van der Waals surface area contributed by atoms with E-state index in [0.29, 0.717) is 24.5 Å². The summed E-state index contributed by atoms with van der Waals surface area (Å²) in [7, 11) is 0. The van der Waals surface area contributed by atoms with Crippen molar-refractivity contribution >= 4 is 17.4 Å². The van der Waals surface area contributed by atoms with Gasteiger partial charge in [0, 0.05) is 36.6 Å². The van der Waals surface area contributed by atoms with E-state index in [1.165, 1.54) is 12.1 Å². The van der Waals surface area contributed by atoms with Crippen LogP contribution >= 0.6 is 0 Å². The zero-order valence-corrected chi connectivity index (χ0v) is 16.6. The summed E-state index contributed by atoms with van der Waals surface area (Å²) in [5.74, 6) is 0.324. The van der Waals surface area contributed by atoms with E-state index < -0.39 is 0 Å². The fraction of sp³-hybridized carbons (Fsp3) is 0.208. The van der Waals surface area contributed by atoms with Crippen molar-refractivity contribution in [2.45, 2.75) is 19.1 Å². The van der Waals surface area contributed by atoms with Crippen LogP contribution in [0.15, 0.2) is 78.9 Å². The van der Waals surface area contributed by atoms with Crippen LogP contribution < -0.4 is 15.4 Å². The van der Waals surface area contributed by atoms with Gasteiger partial charge in [-0.25, -0.2) is 9.18 Å². The summed E-state index contributed by atoms with van der Waals surface area (Å²) in [4.78, 5) is 14.5. The number of nitrogens with zero attached hydrogens (tertiary/aromatic N) is 1. The molecule has 1 aliphatic heterocycles. The smallest absolute Gasteiger partial charge is 0.321 e. The standard InChI is InChI=1S/C24H24FN3O2/c25-19-7-4-6-18(14-19)17-30-23-11-5-10-21(15-23)27-24(29)28-13-12-22(16-28)26-20-8-2-1-3-9-20/h1-11,14-15,22,26H,12-13,16-17H2,(H,27,29). The summed E-state index contributed by atoms with van der Waals surface area (Å²) in [6.45, 7) is 1.61. The Kier molecular flexibility index (Phi) is 6.13. The first-order chi connectivity index (χ1) is 14.7. The minimum Gasteiger partial charge on any atom is -0.489 e. The number of anilines is 2. The molecule has 0 aromatic heterocycles. The number of hydrogen-bond acceptors (Lipinski definition) is 3. The normalized spacial score (nSPS) is 15.6. The molecular weight excluding hydrogens is 381 g/mol. The molecule has 6 heteroatoms. The number of para-hydroxylation sites is 1. The van der Waals surface area contributed by atoms with Gasteiger partial charge in [0.25, 0.3) is 0 Å². The van der Waals surface area contributed by atoms with Crippen molar-refractivity contribution in [1.29, 1.82) is 0 Å². The third kappa shape index (κ3) is 5.29. The molecule has 3 aromatic carbocycles. The van der Waals surface area contributed by atoms with Crippen LogP contribution in [0.2, 0.25) is 0 Å². The number of ether oxygens (including phenoxy) is 1. The summed E-state index contributed by atoms with van der Waals surface area (Å²) in [6.07, 6.45) is 0.902. The summed E-state index contributed by atoms with van der Waals surface area (Å²) >= 11 is 0. The maximum Gasteiger partial charge on any atom is 0.321 e. The molecule has 30 heavy (non-hydrogen) atoms. The van der Waals surface area contributed by atoms with Crippen LogP contribution in [0.25, 0.3) is 0 Å². The van der Waals surface area contributed by atoms with Crippen LogP contribution in [-0.4, -0.2) is 30.1 Å². The van der Waals surface area contributed by atoms with Gasteiger partial charge in [-0.05, 0) is 48.4 Å². The van der Waals surface area contributed by atoms with E-state index in [-0.39, 0.29) is 24.5 Å². The molecule has 5 nitrogen and oxygen atoms in total. The molecular formula is C24H24FN3O2. The van der Waals surface area contributed by atoms with Gasteiger partial charge in [-0.15, -0.1) is 0 Å². The molecule has 0 radical (unpaired) electrons. The molecule has 154 valence electrons. The van der Waals surface area contributed by atoms with E-state index in [4.69, 9.17) is 4.74 Å². The highest BCUT2D eigenvalue weighted by Gasteiger charge is 2.26. The Morgan fingerprint density at radius 1 is 1.00 bits per heavy atom. The fourth-order valence-electron chi connectivity index (χ4n) is 3.49. The van der Waals surface area contributed by atoms with Gasteiger partial charge in [0.05, 0.1) is 0 Å². The number of urea groups is 1. The highest BCUT2D eigenvalue weighted by molar-refractivity contribution is 5.89. The van der Waals surface area contributed by atoms with Gasteiger partial charge in [0.2, 0.25) is 0 Å². The first kappa shape index (κ1) is 19.8. The molecule has 0 spiro atoms. The lowest BCUT2D eigenvalue weighted by Gasteiger charge is -2.18. The summed E-state index contributed by atoms with van der Waals surface area (Å²) in [6, 6.07) is 23.6.